The van der Waals surface area contributed by atoms with E-state index in [1.54, 1.807) is 0 Å². The van der Waals surface area contributed by atoms with Gasteiger partial charge >= 0.3 is 0 Å². The van der Waals surface area contributed by atoms with Gasteiger partial charge in [0.2, 0.25) is 0 Å². The number of aryl methyl sites for hydroxylation is 2. The molecule has 0 unspecified atom stereocenters. The van der Waals surface area contributed by atoms with Crippen LogP contribution in [-0.2, 0) is 0 Å². The Morgan fingerprint density at radius 3 is 2.27 bits per heavy atom. The van der Waals surface area contributed by atoms with E-state index in [-0.39, 0.29) is 0 Å². The van der Waals surface area contributed by atoms with Crippen molar-refractivity contribution in [2.75, 3.05) is 0 Å². The van der Waals surface area contributed by atoms with Gasteiger partial charge in [0, 0.05) is 0 Å². The molecule has 0 N–H and O–H groups in total. The number of fused-ring (bicyclic) bond motifs is 3. The summed E-state index contributed by atoms with van der Waals surface area (Å²) < 4.78 is 0. The third-order valence-electron chi connectivity index (χ3n) is 4.42. The van der Waals surface area contributed by atoms with Crippen LogP contribution in [0.3, 0.4) is 0 Å². The van der Waals surface area contributed by atoms with E-state index in [4.69, 9.17) is 0 Å². The monoisotopic (exact) mass is 282 g/mol. The molecule has 0 bridgehead atoms. The van der Waals surface area contributed by atoms with E-state index in [0.29, 0.717) is 0 Å². The van der Waals surface area contributed by atoms with Gasteiger partial charge in [0.05, 0.1) is 0 Å². The van der Waals surface area contributed by atoms with Crippen molar-refractivity contribution in [3.63, 3.8) is 0 Å². The van der Waals surface area contributed by atoms with Crippen LogP contribution in [0.1, 0.15) is 11.1 Å². The lowest BCUT2D eigenvalue weighted by molar-refractivity contribution is 1.50. The van der Waals surface area contributed by atoms with Crippen LogP contribution in [0.4, 0.5) is 0 Å². The van der Waals surface area contributed by atoms with Crippen molar-refractivity contribution in [3.05, 3.63) is 83.9 Å². The molecule has 0 radical (unpaired) electrons. The van der Waals surface area contributed by atoms with E-state index in [0.717, 1.165) is 0 Å². The van der Waals surface area contributed by atoms with Crippen molar-refractivity contribution >= 4 is 21.5 Å². The summed E-state index contributed by atoms with van der Waals surface area (Å²) in [5.41, 5.74) is 5.24. The van der Waals surface area contributed by atoms with E-state index in [1.165, 1.54) is 43.8 Å². The van der Waals surface area contributed by atoms with Crippen molar-refractivity contribution in [2.45, 2.75) is 13.8 Å². The van der Waals surface area contributed by atoms with Gasteiger partial charge in [0.1, 0.15) is 0 Å². The summed E-state index contributed by atoms with van der Waals surface area (Å²) in [4.78, 5) is 0. The summed E-state index contributed by atoms with van der Waals surface area (Å²) in [6, 6.07) is 26.4. The Morgan fingerprint density at radius 1 is 0.636 bits per heavy atom. The van der Waals surface area contributed by atoms with Crippen LogP contribution in [0, 0.1) is 13.8 Å². The van der Waals surface area contributed by atoms with E-state index in [1.807, 2.05) is 0 Å². The van der Waals surface area contributed by atoms with Gasteiger partial charge in [0.25, 0.3) is 0 Å². The topological polar surface area (TPSA) is 0 Å². The van der Waals surface area contributed by atoms with Crippen LogP contribution in [0.15, 0.2) is 72.8 Å². The highest BCUT2D eigenvalue weighted by molar-refractivity contribution is 6.15. The van der Waals surface area contributed by atoms with Crippen molar-refractivity contribution in [3.8, 4) is 11.1 Å². The van der Waals surface area contributed by atoms with Crippen LogP contribution in [0.25, 0.3) is 32.7 Å². The molecule has 0 nitrogen and oxygen atoms in total. The van der Waals surface area contributed by atoms with E-state index in [2.05, 4.69) is 86.6 Å². The smallest absolute Gasteiger partial charge is 0.00699 e. The van der Waals surface area contributed by atoms with Crippen LogP contribution >= 0.6 is 0 Å². The van der Waals surface area contributed by atoms with Crippen LogP contribution in [0.5, 0.6) is 0 Å². The van der Waals surface area contributed by atoms with Crippen molar-refractivity contribution in [1.82, 2.24) is 0 Å². The highest BCUT2D eigenvalue weighted by atomic mass is 14.1. The van der Waals surface area contributed by atoms with Gasteiger partial charge in [-0.2, -0.15) is 0 Å². The zero-order chi connectivity index (χ0) is 15.1. The third kappa shape index (κ3) is 2.00. The molecular formula is C22H18. The molecule has 0 aliphatic rings. The molecule has 0 spiro atoms. The minimum absolute atomic E-state index is 1.28. The summed E-state index contributed by atoms with van der Waals surface area (Å²) in [6.45, 7) is 4.36. The maximum absolute atomic E-state index is 2.33. The lowest BCUT2D eigenvalue weighted by Crippen LogP contribution is -1.87. The highest BCUT2D eigenvalue weighted by Crippen LogP contribution is 2.36. The molecule has 4 aromatic rings. The average molecular weight is 282 g/mol. The molecule has 0 saturated heterocycles. The molecule has 106 valence electrons. The van der Waals surface area contributed by atoms with Gasteiger partial charge in [-0.05, 0) is 58.1 Å². The molecule has 0 amide bonds. The first-order valence-electron chi connectivity index (χ1n) is 7.72. The largest absolute Gasteiger partial charge is 0.0622 e. The van der Waals surface area contributed by atoms with Gasteiger partial charge in [-0.3, -0.25) is 0 Å². The summed E-state index contributed by atoms with van der Waals surface area (Å²) >= 11 is 0. The summed E-state index contributed by atoms with van der Waals surface area (Å²) in [5, 5.41) is 5.38. The first-order valence-corrected chi connectivity index (χ1v) is 7.72. The van der Waals surface area contributed by atoms with Gasteiger partial charge in [-0.1, -0.05) is 72.3 Å². The Hall–Kier alpha value is -2.60. The molecule has 0 aliphatic heterocycles. The Morgan fingerprint density at radius 2 is 1.45 bits per heavy atom. The van der Waals surface area contributed by atoms with E-state index < -0.39 is 0 Å². The lowest BCUT2D eigenvalue weighted by Gasteiger charge is -2.13. The molecule has 22 heavy (non-hydrogen) atoms. The highest BCUT2D eigenvalue weighted by Gasteiger charge is 2.10. The van der Waals surface area contributed by atoms with Gasteiger partial charge in [-0.25, -0.2) is 0 Å². The van der Waals surface area contributed by atoms with Crippen LogP contribution in [0.2, 0.25) is 0 Å². The molecule has 0 aromatic heterocycles. The molecule has 0 saturated carbocycles. The lowest BCUT2D eigenvalue weighted by atomic mass is 9.91. The molecule has 0 aliphatic carbocycles. The van der Waals surface area contributed by atoms with Crippen molar-refractivity contribution in [2.24, 2.45) is 0 Å². The zero-order valence-corrected chi connectivity index (χ0v) is 12.9. The number of hydrogen-bond donors (Lipinski definition) is 0. The van der Waals surface area contributed by atoms with Crippen LogP contribution < -0.4 is 0 Å². The number of hydrogen-bond acceptors (Lipinski definition) is 0. The van der Waals surface area contributed by atoms with Crippen molar-refractivity contribution < 1.29 is 0 Å². The molecule has 4 aromatic carbocycles. The quantitative estimate of drug-likeness (QED) is 0.360. The maximum atomic E-state index is 2.33. The number of benzene rings is 4. The zero-order valence-electron chi connectivity index (χ0n) is 12.9. The fourth-order valence-corrected chi connectivity index (χ4v) is 3.37. The second kappa shape index (κ2) is 4.99. The second-order valence-electron chi connectivity index (χ2n) is 6.01. The fraction of sp³-hybridized carbons (Fsp3) is 0.0909. The van der Waals surface area contributed by atoms with Gasteiger partial charge in [0.15, 0.2) is 0 Å². The minimum atomic E-state index is 1.28. The SMILES string of the molecule is Cc1ccc2c(c1)cc(-c1ccccc1)c1cccc(C)c12. The van der Waals surface area contributed by atoms with Gasteiger partial charge < -0.3 is 0 Å². The Balaban J connectivity index is 2.22. The maximum Gasteiger partial charge on any atom is -0.00699 e. The summed E-state index contributed by atoms with van der Waals surface area (Å²) in [7, 11) is 0. The van der Waals surface area contributed by atoms with Crippen LogP contribution in [-0.4, -0.2) is 0 Å². The average Bonchev–Trinajstić information content (AvgIpc) is 2.55. The minimum Gasteiger partial charge on any atom is -0.0622 e. The predicted octanol–water partition coefficient (Wildman–Crippen LogP) is 6.28. The first kappa shape index (κ1) is 13.1. The second-order valence-corrected chi connectivity index (χ2v) is 6.01. The normalized spacial score (nSPS) is 11.2. The standard InChI is InChI=1S/C22H18/c1-15-11-12-19-18(13-15)14-21(17-8-4-3-5-9-17)20-10-6-7-16(2)22(19)20/h3-14H,1-2H3. The molecule has 0 heteroatoms. The van der Waals surface area contributed by atoms with Gasteiger partial charge in [-0.15, -0.1) is 0 Å². The number of rotatable bonds is 1. The fourth-order valence-electron chi connectivity index (χ4n) is 3.37. The van der Waals surface area contributed by atoms with Crippen molar-refractivity contribution in [1.29, 1.82) is 0 Å². The Bertz CT molecular complexity index is 979. The summed E-state index contributed by atoms with van der Waals surface area (Å²) in [5.74, 6) is 0. The predicted molar refractivity (Wildman–Crippen MR) is 96.4 cm³/mol. The molecule has 0 fully saturated rings. The Kier molecular flexibility index (Phi) is 2.97. The summed E-state index contributed by atoms with van der Waals surface area (Å²) in [6.07, 6.45) is 0. The third-order valence-corrected chi connectivity index (χ3v) is 4.42. The first-order chi connectivity index (χ1) is 10.7. The van der Waals surface area contributed by atoms with E-state index >= 15 is 0 Å². The van der Waals surface area contributed by atoms with E-state index in [9.17, 15) is 0 Å². The molecular weight excluding hydrogens is 264 g/mol. The molecule has 0 heterocycles. The Labute approximate surface area is 131 Å². The molecule has 0 atom stereocenters. The molecule has 4 rings (SSSR count).